The summed E-state index contributed by atoms with van der Waals surface area (Å²) in [6.07, 6.45) is 1.45. The Hall–Kier alpha value is -3.51. The van der Waals surface area contributed by atoms with Gasteiger partial charge in [0.2, 0.25) is 0 Å². The third-order valence-corrected chi connectivity index (χ3v) is 5.05. The maximum absolute atomic E-state index is 12.9. The lowest BCUT2D eigenvalue weighted by atomic mass is 9.99. The average molecular weight is 424 g/mol. The Balaban J connectivity index is 1.85. The summed E-state index contributed by atoms with van der Waals surface area (Å²) in [5.41, 5.74) is 0.812. The summed E-state index contributed by atoms with van der Waals surface area (Å²) in [7, 11) is 0. The zero-order valence-corrected chi connectivity index (χ0v) is 16.8. The molecule has 1 N–H and O–H groups in total. The number of carbonyl (C=O) groups is 2. The molecule has 1 saturated heterocycles. The van der Waals surface area contributed by atoms with E-state index < -0.39 is 17.7 Å². The summed E-state index contributed by atoms with van der Waals surface area (Å²) in [6, 6.07) is 15.6. The fraction of sp³-hybridized carbons (Fsp3) is 0.130. The van der Waals surface area contributed by atoms with Crippen LogP contribution in [0.2, 0.25) is 5.02 Å². The highest BCUT2D eigenvalue weighted by Crippen LogP contribution is 2.42. The number of rotatable bonds is 5. The minimum absolute atomic E-state index is 0.0472. The van der Waals surface area contributed by atoms with Crippen LogP contribution in [0.5, 0.6) is 5.75 Å². The van der Waals surface area contributed by atoms with Gasteiger partial charge in [-0.1, -0.05) is 11.6 Å². The number of carbonyl (C=O) groups excluding carboxylic acids is 2. The highest BCUT2D eigenvalue weighted by atomic mass is 35.5. The van der Waals surface area contributed by atoms with Gasteiger partial charge in [0.05, 0.1) is 18.4 Å². The Kier molecular flexibility index (Phi) is 5.33. The molecule has 1 aliphatic heterocycles. The van der Waals surface area contributed by atoms with Crippen molar-refractivity contribution in [2.75, 3.05) is 11.5 Å². The summed E-state index contributed by atoms with van der Waals surface area (Å²) < 4.78 is 10.9. The molecule has 6 nitrogen and oxygen atoms in total. The van der Waals surface area contributed by atoms with E-state index in [1.807, 2.05) is 6.92 Å². The Morgan fingerprint density at radius 2 is 1.80 bits per heavy atom. The number of Topliss-reactive ketones (excluding diaryl/α,β-unsaturated/α-hetero) is 1. The smallest absolute Gasteiger partial charge is 0.300 e. The molecule has 1 unspecified atom stereocenters. The number of amides is 1. The molecule has 1 aliphatic rings. The highest BCUT2D eigenvalue weighted by molar-refractivity contribution is 6.51. The van der Waals surface area contributed by atoms with Crippen LogP contribution >= 0.6 is 11.6 Å². The van der Waals surface area contributed by atoms with Gasteiger partial charge in [-0.05, 0) is 67.6 Å². The lowest BCUT2D eigenvalue weighted by Gasteiger charge is -2.23. The van der Waals surface area contributed by atoms with Crippen molar-refractivity contribution in [3.63, 3.8) is 0 Å². The number of hydrogen-bond donors (Lipinski definition) is 1. The van der Waals surface area contributed by atoms with Crippen LogP contribution in [0.1, 0.15) is 24.3 Å². The van der Waals surface area contributed by atoms with Crippen molar-refractivity contribution in [3.8, 4) is 5.75 Å². The Labute approximate surface area is 177 Å². The fourth-order valence-corrected chi connectivity index (χ4v) is 3.57. The molecule has 30 heavy (non-hydrogen) atoms. The topological polar surface area (TPSA) is 80.0 Å². The van der Waals surface area contributed by atoms with E-state index in [0.717, 1.165) is 0 Å². The first kappa shape index (κ1) is 19.8. The monoisotopic (exact) mass is 423 g/mol. The van der Waals surface area contributed by atoms with Crippen LogP contribution in [0.4, 0.5) is 5.69 Å². The number of ether oxygens (including phenoxy) is 1. The minimum atomic E-state index is -0.909. The van der Waals surface area contributed by atoms with E-state index in [9.17, 15) is 14.7 Å². The van der Waals surface area contributed by atoms with Gasteiger partial charge in [-0.15, -0.1) is 0 Å². The van der Waals surface area contributed by atoms with Crippen molar-refractivity contribution in [2.24, 2.45) is 0 Å². The van der Waals surface area contributed by atoms with Crippen molar-refractivity contribution in [1.29, 1.82) is 0 Å². The van der Waals surface area contributed by atoms with Crippen LogP contribution < -0.4 is 9.64 Å². The van der Waals surface area contributed by atoms with Gasteiger partial charge in [0, 0.05) is 16.3 Å². The second kappa shape index (κ2) is 8.08. The predicted octanol–water partition coefficient (Wildman–Crippen LogP) is 4.96. The van der Waals surface area contributed by atoms with Crippen LogP contribution in [0, 0.1) is 0 Å². The first-order valence-electron chi connectivity index (χ1n) is 9.34. The molecule has 0 radical (unpaired) electrons. The minimum Gasteiger partial charge on any atom is -0.507 e. The second-order valence-corrected chi connectivity index (χ2v) is 7.05. The van der Waals surface area contributed by atoms with Gasteiger partial charge in [0.1, 0.15) is 23.3 Å². The van der Waals surface area contributed by atoms with E-state index in [1.54, 1.807) is 60.7 Å². The third-order valence-electron chi connectivity index (χ3n) is 4.80. The van der Waals surface area contributed by atoms with Gasteiger partial charge in [0.15, 0.2) is 0 Å². The van der Waals surface area contributed by atoms with Gasteiger partial charge in [-0.3, -0.25) is 14.5 Å². The Morgan fingerprint density at radius 3 is 2.40 bits per heavy atom. The standard InChI is InChI=1S/C23H18ClNO5/c1-2-29-17-11-5-14(6-12-17)21(26)19-20(18-4-3-13-30-18)25(23(28)22(19)27)16-9-7-15(24)8-10-16/h3-13,20,26H,2H2,1H3/b21-19-. The average Bonchev–Trinajstić information content (AvgIpc) is 3.36. The predicted molar refractivity (Wildman–Crippen MR) is 113 cm³/mol. The number of aliphatic hydroxyl groups excluding tert-OH is 1. The molecule has 0 saturated carbocycles. The molecule has 3 aromatic rings. The third kappa shape index (κ3) is 3.46. The highest BCUT2D eigenvalue weighted by Gasteiger charge is 2.48. The van der Waals surface area contributed by atoms with E-state index in [2.05, 4.69) is 0 Å². The van der Waals surface area contributed by atoms with Crippen LogP contribution in [-0.2, 0) is 9.59 Å². The number of anilines is 1. The quantitative estimate of drug-likeness (QED) is 0.356. The molecule has 1 aromatic heterocycles. The number of hydrogen-bond acceptors (Lipinski definition) is 5. The molecule has 4 rings (SSSR count). The molecule has 1 amide bonds. The van der Waals surface area contributed by atoms with Gasteiger partial charge in [-0.25, -0.2) is 0 Å². The normalized spacial score (nSPS) is 18.1. The van der Waals surface area contributed by atoms with Gasteiger partial charge in [-0.2, -0.15) is 0 Å². The lowest BCUT2D eigenvalue weighted by molar-refractivity contribution is -0.132. The second-order valence-electron chi connectivity index (χ2n) is 6.62. The molecule has 1 fully saturated rings. The first-order valence-corrected chi connectivity index (χ1v) is 9.72. The summed E-state index contributed by atoms with van der Waals surface area (Å²) in [5, 5.41) is 11.5. The van der Waals surface area contributed by atoms with Gasteiger partial charge < -0.3 is 14.3 Å². The molecule has 0 bridgehead atoms. The largest absolute Gasteiger partial charge is 0.507 e. The molecule has 152 valence electrons. The SMILES string of the molecule is CCOc1ccc(/C(O)=C2/C(=O)C(=O)N(c3ccc(Cl)cc3)C2c2ccco2)cc1. The molecule has 0 aliphatic carbocycles. The Bertz CT molecular complexity index is 1100. The van der Waals surface area contributed by atoms with Crippen LogP contribution in [0.25, 0.3) is 5.76 Å². The molecular formula is C23H18ClNO5. The maximum Gasteiger partial charge on any atom is 0.300 e. The van der Waals surface area contributed by atoms with E-state index in [-0.39, 0.29) is 11.3 Å². The summed E-state index contributed by atoms with van der Waals surface area (Å²) in [5.74, 6) is -0.840. The van der Waals surface area contributed by atoms with Crippen molar-refractivity contribution >= 4 is 34.7 Å². The van der Waals surface area contributed by atoms with Crippen molar-refractivity contribution in [1.82, 2.24) is 0 Å². The fourth-order valence-electron chi connectivity index (χ4n) is 3.45. The molecule has 2 heterocycles. The molecule has 7 heteroatoms. The van der Waals surface area contributed by atoms with E-state index >= 15 is 0 Å². The van der Waals surface area contributed by atoms with Crippen LogP contribution in [0.3, 0.4) is 0 Å². The molecule has 1 atom stereocenters. The lowest BCUT2D eigenvalue weighted by Crippen LogP contribution is -2.29. The van der Waals surface area contributed by atoms with Crippen LogP contribution in [0.15, 0.2) is 76.9 Å². The van der Waals surface area contributed by atoms with Crippen molar-refractivity contribution in [3.05, 3.63) is 88.8 Å². The van der Waals surface area contributed by atoms with Gasteiger partial charge >= 0.3 is 0 Å². The zero-order valence-electron chi connectivity index (χ0n) is 16.0. The van der Waals surface area contributed by atoms with E-state index in [4.69, 9.17) is 20.8 Å². The summed E-state index contributed by atoms with van der Waals surface area (Å²) >= 11 is 5.97. The van der Waals surface area contributed by atoms with Crippen molar-refractivity contribution < 1.29 is 23.8 Å². The number of nitrogens with zero attached hydrogens (tertiary/aromatic N) is 1. The van der Waals surface area contributed by atoms with E-state index in [0.29, 0.717) is 34.4 Å². The Morgan fingerprint density at radius 1 is 1.10 bits per heavy atom. The molecule has 2 aromatic carbocycles. The van der Waals surface area contributed by atoms with Crippen molar-refractivity contribution in [2.45, 2.75) is 13.0 Å². The van der Waals surface area contributed by atoms with E-state index in [1.165, 1.54) is 11.2 Å². The number of furan rings is 1. The number of halogens is 1. The van der Waals surface area contributed by atoms with Crippen LogP contribution in [-0.4, -0.2) is 23.4 Å². The summed E-state index contributed by atoms with van der Waals surface area (Å²) in [6.45, 7) is 2.38. The van der Waals surface area contributed by atoms with Gasteiger partial charge in [0.25, 0.3) is 11.7 Å². The molecular weight excluding hydrogens is 406 g/mol. The maximum atomic E-state index is 12.9. The number of ketones is 1. The first-order chi connectivity index (χ1) is 14.5. The number of benzene rings is 2. The zero-order chi connectivity index (χ0) is 21.3. The molecule has 0 spiro atoms. The summed E-state index contributed by atoms with van der Waals surface area (Å²) in [4.78, 5) is 27.2. The number of aliphatic hydroxyl groups is 1.